The number of aliphatic hydroxyl groups is 1. The number of ether oxygens (including phenoxy) is 1. The van der Waals surface area contributed by atoms with Crippen LogP contribution in [0.1, 0.15) is 27.2 Å². The van der Waals surface area contributed by atoms with Crippen LogP contribution in [0.5, 0.6) is 0 Å². The molecule has 0 aliphatic carbocycles. The van der Waals surface area contributed by atoms with Gasteiger partial charge in [0, 0.05) is 0 Å². The number of primary amides is 1. The van der Waals surface area contributed by atoms with Crippen LogP contribution in [0.25, 0.3) is 0 Å². The standard InChI is InChI=1S/C14H24N4O8/c1-14(2,3)26-13(25)16-5-10(21)17-7(4-9(15)20)11(22)18-8(6-19)12(23)24/h7-8,19H,4-6H2,1-3H3,(H2,15,20)(H,16,25)(H,17,21)(H,18,22)(H,23,24)/t7-,8-/m0/s1. The van der Waals surface area contributed by atoms with Crippen molar-refractivity contribution in [3.8, 4) is 0 Å². The summed E-state index contributed by atoms with van der Waals surface area (Å²) in [6.07, 6.45) is -1.48. The van der Waals surface area contributed by atoms with Crippen LogP contribution in [0, 0.1) is 0 Å². The van der Waals surface area contributed by atoms with E-state index in [0.717, 1.165) is 0 Å². The minimum absolute atomic E-state index is 0.556. The first-order valence-electron chi connectivity index (χ1n) is 7.54. The second-order valence-corrected chi connectivity index (χ2v) is 6.23. The third-order valence-electron chi connectivity index (χ3n) is 2.65. The van der Waals surface area contributed by atoms with Gasteiger partial charge in [0.2, 0.25) is 17.7 Å². The molecule has 0 fully saturated rings. The Balaban J connectivity index is 4.76. The highest BCUT2D eigenvalue weighted by Gasteiger charge is 2.27. The van der Waals surface area contributed by atoms with Crippen LogP contribution in [-0.4, -0.2) is 70.8 Å². The van der Waals surface area contributed by atoms with Gasteiger partial charge in [-0.3, -0.25) is 14.4 Å². The summed E-state index contributed by atoms with van der Waals surface area (Å²) in [5, 5.41) is 23.9. The molecule has 0 aromatic rings. The van der Waals surface area contributed by atoms with Crippen molar-refractivity contribution in [2.45, 2.75) is 44.9 Å². The largest absolute Gasteiger partial charge is 0.480 e. The van der Waals surface area contributed by atoms with E-state index in [4.69, 9.17) is 20.7 Å². The third-order valence-corrected chi connectivity index (χ3v) is 2.65. The van der Waals surface area contributed by atoms with Gasteiger partial charge >= 0.3 is 12.1 Å². The van der Waals surface area contributed by atoms with Crippen molar-refractivity contribution < 1.29 is 38.9 Å². The molecule has 26 heavy (non-hydrogen) atoms. The quantitative estimate of drug-likeness (QED) is 0.252. The van der Waals surface area contributed by atoms with Crippen molar-refractivity contribution in [2.24, 2.45) is 5.73 Å². The minimum atomic E-state index is -1.62. The molecule has 0 unspecified atom stereocenters. The highest BCUT2D eigenvalue weighted by atomic mass is 16.6. The Morgan fingerprint density at radius 3 is 2.08 bits per heavy atom. The lowest BCUT2D eigenvalue weighted by atomic mass is 10.1. The topological polar surface area (TPSA) is 197 Å². The zero-order valence-electron chi connectivity index (χ0n) is 14.7. The average molecular weight is 376 g/mol. The van der Waals surface area contributed by atoms with Gasteiger partial charge < -0.3 is 36.6 Å². The van der Waals surface area contributed by atoms with Gasteiger partial charge in [0.1, 0.15) is 24.2 Å². The molecule has 0 radical (unpaired) electrons. The molecular formula is C14H24N4O8. The molecule has 0 aromatic carbocycles. The molecule has 0 aliphatic heterocycles. The van der Waals surface area contributed by atoms with E-state index in [2.05, 4.69) is 10.6 Å². The molecule has 2 atom stereocenters. The van der Waals surface area contributed by atoms with E-state index in [0.29, 0.717) is 0 Å². The first-order chi connectivity index (χ1) is 11.9. The van der Waals surface area contributed by atoms with E-state index >= 15 is 0 Å². The fraction of sp³-hybridized carbons (Fsp3) is 0.643. The molecule has 12 heteroatoms. The molecule has 0 aliphatic rings. The predicted molar refractivity (Wildman–Crippen MR) is 86.6 cm³/mol. The van der Waals surface area contributed by atoms with Crippen molar-refractivity contribution in [2.75, 3.05) is 13.2 Å². The van der Waals surface area contributed by atoms with Gasteiger partial charge in [0.15, 0.2) is 0 Å². The summed E-state index contributed by atoms with van der Waals surface area (Å²) in [5.74, 6) is -4.30. The summed E-state index contributed by atoms with van der Waals surface area (Å²) in [6, 6.07) is -3.09. The Bertz CT molecular complexity index is 558. The predicted octanol–water partition coefficient (Wildman–Crippen LogP) is -2.57. The van der Waals surface area contributed by atoms with Crippen LogP contribution in [0.3, 0.4) is 0 Å². The number of aliphatic hydroxyl groups excluding tert-OH is 1. The number of nitrogens with one attached hydrogen (secondary N) is 3. The highest BCUT2D eigenvalue weighted by Crippen LogP contribution is 2.06. The number of hydrogen-bond acceptors (Lipinski definition) is 7. The first kappa shape index (κ1) is 23.1. The van der Waals surface area contributed by atoms with Crippen molar-refractivity contribution in [3.63, 3.8) is 0 Å². The Labute approximate surface area is 149 Å². The zero-order valence-corrected chi connectivity index (χ0v) is 14.7. The first-order valence-corrected chi connectivity index (χ1v) is 7.54. The lowest BCUT2D eigenvalue weighted by Crippen LogP contribution is -2.55. The number of carboxylic acid groups (broad SMARTS) is 1. The Hall–Kier alpha value is -2.89. The molecule has 0 aromatic heterocycles. The highest BCUT2D eigenvalue weighted by molar-refractivity contribution is 5.94. The van der Waals surface area contributed by atoms with Crippen molar-refractivity contribution in [3.05, 3.63) is 0 Å². The smallest absolute Gasteiger partial charge is 0.408 e. The van der Waals surface area contributed by atoms with Gasteiger partial charge in [0.25, 0.3) is 0 Å². The van der Waals surface area contributed by atoms with Gasteiger partial charge in [-0.05, 0) is 20.8 Å². The molecule has 148 valence electrons. The number of carbonyl (C=O) groups excluding carboxylic acids is 4. The molecule has 0 saturated carbocycles. The second kappa shape index (κ2) is 10.2. The monoisotopic (exact) mass is 376 g/mol. The summed E-state index contributed by atoms with van der Waals surface area (Å²) in [5.41, 5.74) is 4.22. The normalized spacial score (nSPS) is 13.1. The SMILES string of the molecule is CC(C)(C)OC(=O)NCC(=O)N[C@@H](CC(N)=O)C(=O)N[C@@H](CO)C(=O)O. The maximum Gasteiger partial charge on any atom is 0.408 e. The fourth-order valence-corrected chi connectivity index (χ4v) is 1.58. The number of amides is 4. The maximum atomic E-state index is 12.0. The van der Waals surface area contributed by atoms with Crippen LogP contribution in [0.4, 0.5) is 4.79 Å². The maximum absolute atomic E-state index is 12.0. The van der Waals surface area contributed by atoms with E-state index in [9.17, 15) is 24.0 Å². The Kier molecular flexibility index (Phi) is 9.05. The molecule has 0 saturated heterocycles. The lowest BCUT2D eigenvalue weighted by Gasteiger charge is -2.21. The molecule has 7 N–H and O–H groups in total. The number of aliphatic carboxylic acids is 1. The van der Waals surface area contributed by atoms with Crippen LogP contribution in [0.2, 0.25) is 0 Å². The van der Waals surface area contributed by atoms with E-state index < -0.39 is 67.0 Å². The Morgan fingerprint density at radius 1 is 1.08 bits per heavy atom. The van der Waals surface area contributed by atoms with Gasteiger partial charge in [-0.2, -0.15) is 0 Å². The van der Waals surface area contributed by atoms with Gasteiger partial charge in [-0.25, -0.2) is 9.59 Å². The van der Waals surface area contributed by atoms with Crippen LogP contribution in [-0.2, 0) is 23.9 Å². The van der Waals surface area contributed by atoms with E-state index in [1.165, 1.54) is 0 Å². The molecule has 12 nitrogen and oxygen atoms in total. The summed E-state index contributed by atoms with van der Waals surface area (Å²) in [6.45, 7) is 3.43. The number of carbonyl (C=O) groups is 5. The molecule has 4 amide bonds. The third kappa shape index (κ3) is 10.1. The summed E-state index contributed by atoms with van der Waals surface area (Å²) >= 11 is 0. The molecule has 0 rings (SSSR count). The Morgan fingerprint density at radius 2 is 1.65 bits per heavy atom. The van der Waals surface area contributed by atoms with Crippen molar-refractivity contribution in [1.29, 1.82) is 0 Å². The number of hydrogen-bond donors (Lipinski definition) is 6. The van der Waals surface area contributed by atoms with Crippen molar-refractivity contribution >= 4 is 29.8 Å². The van der Waals surface area contributed by atoms with E-state index in [-0.39, 0.29) is 0 Å². The average Bonchev–Trinajstić information content (AvgIpc) is 2.47. The molecular weight excluding hydrogens is 352 g/mol. The second-order valence-electron chi connectivity index (χ2n) is 6.23. The fourth-order valence-electron chi connectivity index (χ4n) is 1.58. The van der Waals surface area contributed by atoms with Gasteiger partial charge in [-0.1, -0.05) is 0 Å². The number of alkyl carbamates (subject to hydrolysis) is 1. The van der Waals surface area contributed by atoms with Crippen LogP contribution < -0.4 is 21.7 Å². The molecule has 0 bridgehead atoms. The summed E-state index contributed by atoms with van der Waals surface area (Å²) in [4.78, 5) is 57.1. The molecule has 0 heterocycles. The zero-order chi connectivity index (χ0) is 20.5. The summed E-state index contributed by atoms with van der Waals surface area (Å²) in [7, 11) is 0. The van der Waals surface area contributed by atoms with Gasteiger partial charge in [0.05, 0.1) is 13.0 Å². The number of rotatable bonds is 9. The van der Waals surface area contributed by atoms with Gasteiger partial charge in [-0.15, -0.1) is 0 Å². The lowest BCUT2D eigenvalue weighted by molar-refractivity contribution is -0.143. The van der Waals surface area contributed by atoms with E-state index in [1.807, 2.05) is 5.32 Å². The van der Waals surface area contributed by atoms with Crippen molar-refractivity contribution in [1.82, 2.24) is 16.0 Å². The van der Waals surface area contributed by atoms with E-state index in [1.54, 1.807) is 20.8 Å². The number of nitrogens with two attached hydrogens (primary N) is 1. The number of carboxylic acids is 1. The summed E-state index contributed by atoms with van der Waals surface area (Å²) < 4.78 is 4.92. The van der Waals surface area contributed by atoms with Crippen LogP contribution >= 0.6 is 0 Å². The molecule has 0 spiro atoms. The minimum Gasteiger partial charge on any atom is -0.480 e. The van der Waals surface area contributed by atoms with Crippen LogP contribution in [0.15, 0.2) is 0 Å².